The quantitative estimate of drug-likeness (QED) is 0.0615. The minimum atomic E-state index is -4.02. The standard InChI is InChI=1S/C24H55N3O7Si/c1-4-7-9-22(6-3)19-34-20-23(28)17-26-12-14-27(13-11-25-10-5-2)18-24(29)21-33-15-8-16-35(30,31)32/h22-26,28-32H,4-21H2,1-3H3. The first-order valence-electron chi connectivity index (χ1n) is 13.5. The molecule has 7 N–H and O–H groups in total. The highest BCUT2D eigenvalue weighted by molar-refractivity contribution is 6.56. The van der Waals surface area contributed by atoms with Crippen molar-refractivity contribution in [2.45, 2.75) is 77.5 Å². The number of nitrogens with zero attached hydrogens (tertiary/aromatic N) is 1. The van der Waals surface area contributed by atoms with Crippen LogP contribution in [-0.2, 0) is 9.47 Å². The van der Waals surface area contributed by atoms with E-state index >= 15 is 0 Å². The first kappa shape index (κ1) is 34.8. The van der Waals surface area contributed by atoms with Crippen molar-refractivity contribution in [2.24, 2.45) is 5.92 Å². The fraction of sp³-hybridized carbons (Fsp3) is 1.00. The number of unbranched alkanes of at least 4 members (excludes halogenated alkanes) is 1. The van der Waals surface area contributed by atoms with Crippen molar-refractivity contribution in [3.05, 3.63) is 0 Å². The average Bonchev–Trinajstić information content (AvgIpc) is 2.80. The summed E-state index contributed by atoms with van der Waals surface area (Å²) in [7, 11) is -4.02. The van der Waals surface area contributed by atoms with Gasteiger partial charge >= 0.3 is 8.80 Å². The van der Waals surface area contributed by atoms with E-state index in [-0.39, 0.29) is 19.3 Å². The third-order valence-corrected chi connectivity index (χ3v) is 6.83. The lowest BCUT2D eigenvalue weighted by Crippen LogP contribution is -2.43. The molecule has 35 heavy (non-hydrogen) atoms. The van der Waals surface area contributed by atoms with Crippen LogP contribution in [0.3, 0.4) is 0 Å². The number of rotatable bonds is 26. The maximum absolute atomic E-state index is 10.3. The highest BCUT2D eigenvalue weighted by Gasteiger charge is 2.25. The Morgan fingerprint density at radius 3 is 2.11 bits per heavy atom. The zero-order valence-electron chi connectivity index (χ0n) is 22.5. The molecule has 0 spiro atoms. The van der Waals surface area contributed by atoms with Gasteiger partial charge in [-0.3, -0.25) is 4.90 Å². The van der Waals surface area contributed by atoms with Crippen molar-refractivity contribution < 1.29 is 34.1 Å². The molecule has 212 valence electrons. The van der Waals surface area contributed by atoms with Crippen LogP contribution in [0.25, 0.3) is 0 Å². The molecule has 3 unspecified atom stereocenters. The summed E-state index contributed by atoms with van der Waals surface area (Å²) in [6, 6.07) is -0.0705. The van der Waals surface area contributed by atoms with Crippen LogP contribution in [0.4, 0.5) is 0 Å². The maximum Gasteiger partial charge on any atom is 0.492 e. The Bertz CT molecular complexity index is 461. The van der Waals surface area contributed by atoms with Gasteiger partial charge in [-0.1, -0.05) is 40.0 Å². The molecule has 0 aromatic rings. The molecule has 0 rings (SSSR count). The number of nitrogens with one attached hydrogen (secondary N) is 2. The van der Waals surface area contributed by atoms with Crippen molar-refractivity contribution >= 4 is 8.80 Å². The number of aliphatic hydroxyl groups is 2. The van der Waals surface area contributed by atoms with Gasteiger partial charge in [0.25, 0.3) is 0 Å². The molecular formula is C24H55N3O7Si. The van der Waals surface area contributed by atoms with Gasteiger partial charge in [0.1, 0.15) is 0 Å². The summed E-state index contributed by atoms with van der Waals surface area (Å²) >= 11 is 0. The van der Waals surface area contributed by atoms with Crippen LogP contribution in [0.1, 0.15) is 59.3 Å². The minimum absolute atomic E-state index is 0.0705. The van der Waals surface area contributed by atoms with Crippen LogP contribution in [-0.4, -0.2) is 123 Å². The molecule has 0 radical (unpaired) electrons. The Morgan fingerprint density at radius 2 is 1.49 bits per heavy atom. The van der Waals surface area contributed by atoms with Gasteiger partial charge in [-0.25, -0.2) is 0 Å². The van der Waals surface area contributed by atoms with Crippen molar-refractivity contribution in [1.29, 1.82) is 0 Å². The van der Waals surface area contributed by atoms with E-state index in [4.69, 9.17) is 23.9 Å². The van der Waals surface area contributed by atoms with Gasteiger partial charge in [-0.2, -0.15) is 0 Å². The van der Waals surface area contributed by atoms with E-state index in [2.05, 4.69) is 36.3 Å². The summed E-state index contributed by atoms with van der Waals surface area (Å²) in [6.45, 7) is 12.8. The fourth-order valence-electron chi connectivity index (χ4n) is 3.65. The van der Waals surface area contributed by atoms with Crippen LogP contribution in [0, 0.1) is 5.92 Å². The lowest BCUT2D eigenvalue weighted by molar-refractivity contribution is 0.0142. The van der Waals surface area contributed by atoms with Gasteiger partial charge in [0, 0.05) is 58.5 Å². The predicted octanol–water partition coefficient (Wildman–Crippen LogP) is 0.155. The summed E-state index contributed by atoms with van der Waals surface area (Å²) in [6.07, 6.45) is 4.88. The number of hydrogen-bond donors (Lipinski definition) is 7. The molecular weight excluding hydrogens is 470 g/mol. The molecule has 0 saturated carbocycles. The van der Waals surface area contributed by atoms with Gasteiger partial charge in [-0.05, 0) is 31.7 Å². The molecule has 10 nitrogen and oxygen atoms in total. The normalized spacial score (nSPS) is 15.0. The molecule has 0 amide bonds. The van der Waals surface area contributed by atoms with Crippen molar-refractivity contribution in [3.63, 3.8) is 0 Å². The molecule has 3 atom stereocenters. The molecule has 0 aliphatic rings. The zero-order valence-corrected chi connectivity index (χ0v) is 23.5. The number of aliphatic hydroxyl groups excluding tert-OH is 2. The Balaban J connectivity index is 4.17. The van der Waals surface area contributed by atoms with E-state index in [1.807, 2.05) is 0 Å². The molecule has 0 saturated heterocycles. The number of ether oxygens (including phenoxy) is 2. The third-order valence-electron chi connectivity index (χ3n) is 5.80. The second-order valence-corrected chi connectivity index (χ2v) is 11.5. The summed E-state index contributed by atoms with van der Waals surface area (Å²) in [5.41, 5.74) is 0. The summed E-state index contributed by atoms with van der Waals surface area (Å²) in [4.78, 5) is 29.2. The molecule has 0 aromatic heterocycles. The van der Waals surface area contributed by atoms with E-state index in [1.165, 1.54) is 19.3 Å². The molecule has 0 aromatic carbocycles. The van der Waals surface area contributed by atoms with Crippen LogP contribution in [0.5, 0.6) is 0 Å². The molecule has 11 heteroatoms. The Kier molecular flexibility index (Phi) is 22.9. The van der Waals surface area contributed by atoms with Crippen molar-refractivity contribution in [3.8, 4) is 0 Å². The number of hydrogen-bond acceptors (Lipinski definition) is 10. The van der Waals surface area contributed by atoms with E-state index in [0.29, 0.717) is 45.2 Å². The average molecular weight is 526 g/mol. The van der Waals surface area contributed by atoms with Gasteiger partial charge in [0.2, 0.25) is 0 Å². The van der Waals surface area contributed by atoms with Crippen LogP contribution < -0.4 is 10.6 Å². The van der Waals surface area contributed by atoms with Gasteiger partial charge < -0.3 is 44.7 Å². The first-order valence-corrected chi connectivity index (χ1v) is 15.6. The van der Waals surface area contributed by atoms with Crippen LogP contribution >= 0.6 is 0 Å². The Hall–Kier alpha value is -0.183. The van der Waals surface area contributed by atoms with Gasteiger partial charge in [0.15, 0.2) is 0 Å². The maximum atomic E-state index is 10.3. The predicted molar refractivity (Wildman–Crippen MR) is 141 cm³/mol. The molecule has 0 bridgehead atoms. The highest BCUT2D eigenvalue weighted by atomic mass is 28.4. The monoisotopic (exact) mass is 525 g/mol. The van der Waals surface area contributed by atoms with Crippen LogP contribution in [0.15, 0.2) is 0 Å². The van der Waals surface area contributed by atoms with Gasteiger partial charge in [0.05, 0.1) is 25.4 Å². The second kappa shape index (κ2) is 23.0. The summed E-state index contributed by atoms with van der Waals surface area (Å²) in [5.74, 6) is 0.565. The van der Waals surface area contributed by atoms with E-state index in [1.54, 1.807) is 0 Å². The molecule has 0 heterocycles. The third kappa shape index (κ3) is 23.9. The van der Waals surface area contributed by atoms with E-state index in [9.17, 15) is 10.2 Å². The molecule has 0 fully saturated rings. The highest BCUT2D eigenvalue weighted by Crippen LogP contribution is 2.12. The van der Waals surface area contributed by atoms with E-state index < -0.39 is 21.0 Å². The minimum Gasteiger partial charge on any atom is -0.390 e. The van der Waals surface area contributed by atoms with Crippen molar-refractivity contribution in [2.75, 3.05) is 72.2 Å². The largest absolute Gasteiger partial charge is 0.492 e. The fourth-order valence-corrected chi connectivity index (χ4v) is 4.27. The Labute approximate surface area is 214 Å². The summed E-state index contributed by atoms with van der Waals surface area (Å²) in [5, 5.41) is 27.2. The van der Waals surface area contributed by atoms with E-state index in [0.717, 1.165) is 39.0 Å². The summed E-state index contributed by atoms with van der Waals surface area (Å²) < 4.78 is 11.1. The Morgan fingerprint density at radius 1 is 0.800 bits per heavy atom. The molecule has 0 aliphatic heterocycles. The van der Waals surface area contributed by atoms with Crippen molar-refractivity contribution in [1.82, 2.24) is 15.5 Å². The SMILES string of the molecule is CCCCC(CC)COCC(O)CNCCN(CCNCCC)CC(O)COCCC[Si](O)(O)O. The lowest BCUT2D eigenvalue weighted by atomic mass is 10.0. The lowest BCUT2D eigenvalue weighted by Gasteiger charge is -2.26. The smallest absolute Gasteiger partial charge is 0.390 e. The van der Waals surface area contributed by atoms with Crippen LogP contribution in [0.2, 0.25) is 6.04 Å². The second-order valence-electron chi connectivity index (χ2n) is 9.47. The molecule has 0 aliphatic carbocycles. The topological polar surface area (TPSA) is 147 Å². The zero-order chi connectivity index (χ0) is 26.4. The first-order chi connectivity index (χ1) is 16.7. The van der Waals surface area contributed by atoms with Gasteiger partial charge in [-0.15, -0.1) is 0 Å².